The molecule has 0 aliphatic rings. The number of terminal acetylenes is 1. The first kappa shape index (κ1) is 13.5. The third-order valence-corrected chi connectivity index (χ3v) is 2.35. The number of carboxylic acid groups (broad SMARTS) is 1. The first-order valence-corrected chi connectivity index (χ1v) is 4.74. The third kappa shape index (κ3) is 4.03. The van der Waals surface area contributed by atoms with E-state index < -0.39 is 23.3 Å². The van der Waals surface area contributed by atoms with Gasteiger partial charge in [-0.2, -0.15) is 0 Å². The fourth-order valence-electron chi connectivity index (χ4n) is 0.899. The molecule has 0 fully saturated rings. The van der Waals surface area contributed by atoms with Crippen molar-refractivity contribution >= 4 is 11.9 Å². The first-order chi connectivity index (χ1) is 6.71. The van der Waals surface area contributed by atoms with Crippen molar-refractivity contribution in [1.82, 2.24) is 5.32 Å². The van der Waals surface area contributed by atoms with Crippen LogP contribution in [0.2, 0.25) is 0 Å². The summed E-state index contributed by atoms with van der Waals surface area (Å²) >= 11 is 0. The highest BCUT2D eigenvalue weighted by Gasteiger charge is 2.28. The predicted molar refractivity (Wildman–Crippen MR) is 57.0 cm³/mol. The highest BCUT2D eigenvalue weighted by molar-refractivity contribution is 5.84. The average molecular weight is 211 g/mol. The lowest BCUT2D eigenvalue weighted by Crippen LogP contribution is -2.46. The Labute approximate surface area is 90.1 Å². The molecular weight excluding hydrogens is 194 g/mol. The maximum Gasteiger partial charge on any atom is 0.307 e. The third-order valence-electron chi connectivity index (χ3n) is 2.35. The van der Waals surface area contributed by atoms with Crippen molar-refractivity contribution in [3.05, 3.63) is 0 Å². The smallest absolute Gasteiger partial charge is 0.307 e. The Morgan fingerprint density at radius 3 is 2.13 bits per heavy atom. The van der Waals surface area contributed by atoms with E-state index in [1.54, 1.807) is 20.8 Å². The second-order valence-electron chi connectivity index (χ2n) is 4.17. The summed E-state index contributed by atoms with van der Waals surface area (Å²) in [5.41, 5.74) is -0.746. The number of rotatable bonds is 4. The quantitative estimate of drug-likeness (QED) is 0.678. The molecule has 4 nitrogen and oxygen atoms in total. The van der Waals surface area contributed by atoms with Gasteiger partial charge >= 0.3 is 5.97 Å². The highest BCUT2D eigenvalue weighted by atomic mass is 16.4. The summed E-state index contributed by atoms with van der Waals surface area (Å²) in [5.74, 6) is -0.239. The summed E-state index contributed by atoms with van der Waals surface area (Å²) in [5, 5.41) is 11.3. The molecule has 2 N–H and O–H groups in total. The van der Waals surface area contributed by atoms with Crippen LogP contribution in [0.5, 0.6) is 0 Å². The van der Waals surface area contributed by atoms with Gasteiger partial charge in [0.05, 0.1) is 11.5 Å². The summed E-state index contributed by atoms with van der Waals surface area (Å²) in [7, 11) is 0. The van der Waals surface area contributed by atoms with Gasteiger partial charge in [-0.3, -0.25) is 9.59 Å². The van der Waals surface area contributed by atoms with Crippen molar-refractivity contribution in [2.75, 3.05) is 0 Å². The van der Waals surface area contributed by atoms with E-state index in [0.29, 0.717) is 0 Å². The Bertz CT molecular complexity index is 301. The summed E-state index contributed by atoms with van der Waals surface area (Å²) in [6, 6.07) is 0. The van der Waals surface area contributed by atoms with Crippen LogP contribution in [-0.4, -0.2) is 22.5 Å². The summed E-state index contributed by atoms with van der Waals surface area (Å²) in [4.78, 5) is 22.3. The molecule has 0 aliphatic carbocycles. The predicted octanol–water partition coefficient (Wildman–Crippen LogP) is 0.871. The Morgan fingerprint density at radius 1 is 1.33 bits per heavy atom. The van der Waals surface area contributed by atoms with Gasteiger partial charge in [-0.05, 0) is 13.8 Å². The number of carboxylic acids is 1. The Balaban J connectivity index is 4.49. The van der Waals surface area contributed by atoms with Crippen LogP contribution < -0.4 is 5.32 Å². The fraction of sp³-hybridized carbons (Fsp3) is 0.636. The minimum absolute atomic E-state index is 0.340. The minimum atomic E-state index is -0.990. The molecule has 0 saturated heterocycles. The zero-order chi connectivity index (χ0) is 12.2. The van der Waals surface area contributed by atoms with Crippen molar-refractivity contribution in [3.8, 4) is 12.3 Å². The van der Waals surface area contributed by atoms with Crippen LogP contribution in [0.1, 0.15) is 27.7 Å². The zero-order valence-corrected chi connectivity index (χ0v) is 9.50. The number of carbonyl (C=O) groups is 2. The fourth-order valence-corrected chi connectivity index (χ4v) is 0.899. The van der Waals surface area contributed by atoms with Crippen LogP contribution in [0.15, 0.2) is 0 Å². The van der Waals surface area contributed by atoms with E-state index in [0.717, 1.165) is 0 Å². The van der Waals surface area contributed by atoms with Crippen LogP contribution in [0.4, 0.5) is 0 Å². The molecule has 0 spiro atoms. The van der Waals surface area contributed by atoms with Gasteiger partial charge in [-0.15, -0.1) is 6.42 Å². The molecule has 15 heavy (non-hydrogen) atoms. The van der Waals surface area contributed by atoms with Crippen LogP contribution in [0.3, 0.4) is 0 Å². The number of hydrogen-bond donors (Lipinski definition) is 2. The largest absolute Gasteiger partial charge is 0.481 e. The summed E-state index contributed by atoms with van der Waals surface area (Å²) < 4.78 is 0. The van der Waals surface area contributed by atoms with Crippen molar-refractivity contribution in [3.63, 3.8) is 0 Å². The Hall–Kier alpha value is -1.50. The molecule has 2 atom stereocenters. The SMILES string of the molecule is C#CC(C)(C)NC(=O)C(C)C(C)C(=O)O. The molecule has 0 bridgehead atoms. The first-order valence-electron chi connectivity index (χ1n) is 4.74. The number of hydrogen-bond acceptors (Lipinski definition) is 2. The Kier molecular flexibility index (Phi) is 4.35. The summed E-state index contributed by atoms with van der Waals surface area (Å²) in [6.45, 7) is 6.43. The van der Waals surface area contributed by atoms with Gasteiger partial charge in [-0.1, -0.05) is 19.8 Å². The zero-order valence-electron chi connectivity index (χ0n) is 9.50. The molecule has 0 aromatic rings. The normalized spacial score (nSPS) is 14.9. The van der Waals surface area contributed by atoms with Gasteiger partial charge in [0, 0.05) is 5.92 Å². The molecule has 0 aliphatic heterocycles. The number of nitrogens with one attached hydrogen (secondary N) is 1. The number of carbonyl (C=O) groups excluding carboxylic acids is 1. The molecule has 1 amide bonds. The van der Waals surface area contributed by atoms with Crippen molar-refractivity contribution in [2.45, 2.75) is 33.2 Å². The van der Waals surface area contributed by atoms with Gasteiger partial charge < -0.3 is 10.4 Å². The maximum atomic E-state index is 11.6. The van der Waals surface area contributed by atoms with Crippen LogP contribution in [0.25, 0.3) is 0 Å². The van der Waals surface area contributed by atoms with Gasteiger partial charge in [0.15, 0.2) is 0 Å². The lowest BCUT2D eigenvalue weighted by atomic mass is 9.94. The van der Waals surface area contributed by atoms with E-state index in [4.69, 9.17) is 11.5 Å². The van der Waals surface area contributed by atoms with E-state index in [2.05, 4.69) is 11.2 Å². The molecule has 4 heteroatoms. The average Bonchev–Trinajstić information content (AvgIpc) is 2.14. The second kappa shape index (κ2) is 4.83. The van der Waals surface area contributed by atoms with Crippen molar-refractivity contribution in [2.24, 2.45) is 11.8 Å². The second-order valence-corrected chi connectivity index (χ2v) is 4.17. The minimum Gasteiger partial charge on any atom is -0.481 e. The van der Waals surface area contributed by atoms with Crippen LogP contribution >= 0.6 is 0 Å². The molecule has 0 saturated carbocycles. The topological polar surface area (TPSA) is 66.4 Å². The van der Waals surface area contributed by atoms with E-state index in [-0.39, 0.29) is 5.91 Å². The van der Waals surface area contributed by atoms with E-state index >= 15 is 0 Å². The Morgan fingerprint density at radius 2 is 1.80 bits per heavy atom. The van der Waals surface area contributed by atoms with Crippen LogP contribution in [-0.2, 0) is 9.59 Å². The van der Waals surface area contributed by atoms with Gasteiger partial charge in [-0.25, -0.2) is 0 Å². The molecule has 84 valence electrons. The number of aliphatic carboxylic acids is 1. The maximum absolute atomic E-state index is 11.6. The van der Waals surface area contributed by atoms with Crippen LogP contribution in [0, 0.1) is 24.2 Å². The van der Waals surface area contributed by atoms with Crippen molar-refractivity contribution in [1.29, 1.82) is 0 Å². The molecule has 0 aromatic carbocycles. The van der Waals surface area contributed by atoms with E-state index in [9.17, 15) is 9.59 Å². The summed E-state index contributed by atoms with van der Waals surface area (Å²) in [6.07, 6.45) is 5.21. The van der Waals surface area contributed by atoms with Gasteiger partial charge in [0.25, 0.3) is 0 Å². The van der Waals surface area contributed by atoms with Gasteiger partial charge in [0.2, 0.25) is 5.91 Å². The highest BCUT2D eigenvalue weighted by Crippen LogP contribution is 2.12. The molecule has 0 heterocycles. The molecule has 2 unspecified atom stereocenters. The standard InChI is InChI=1S/C11H17NO3/c1-6-11(4,5)12-9(13)7(2)8(3)10(14)15/h1,7-8H,2-5H3,(H,12,13)(H,14,15). The lowest BCUT2D eigenvalue weighted by Gasteiger charge is -2.23. The number of amides is 1. The molecule has 0 aromatic heterocycles. The molecular formula is C11H17NO3. The van der Waals surface area contributed by atoms with E-state index in [1.807, 2.05) is 0 Å². The lowest BCUT2D eigenvalue weighted by molar-refractivity contribution is -0.146. The van der Waals surface area contributed by atoms with Crippen molar-refractivity contribution < 1.29 is 14.7 Å². The van der Waals surface area contributed by atoms with Gasteiger partial charge in [0.1, 0.15) is 0 Å². The van der Waals surface area contributed by atoms with E-state index in [1.165, 1.54) is 6.92 Å². The molecule has 0 radical (unpaired) electrons. The molecule has 0 rings (SSSR count). The monoisotopic (exact) mass is 211 g/mol.